The van der Waals surface area contributed by atoms with Gasteiger partial charge in [0.2, 0.25) is 0 Å². The van der Waals surface area contributed by atoms with E-state index >= 15 is 0 Å². The molecular weight excluding hydrogens is 138 g/mol. The Kier molecular flexibility index (Phi) is 1.11. The number of aliphatic hydroxyl groups is 1. The van der Waals surface area contributed by atoms with Gasteiger partial charge in [-0.3, -0.25) is 0 Å². The van der Waals surface area contributed by atoms with Gasteiger partial charge in [-0.05, 0) is 18.8 Å². The van der Waals surface area contributed by atoms with Crippen molar-refractivity contribution in [1.82, 2.24) is 0 Å². The number of aliphatic hydroxyl groups excluding tert-OH is 1. The van der Waals surface area contributed by atoms with Gasteiger partial charge >= 0.3 is 0 Å². The molecular formula is C7H10F2O. The highest BCUT2D eigenvalue weighted by Crippen LogP contribution is 2.53. The number of halogens is 2. The van der Waals surface area contributed by atoms with Gasteiger partial charge in [-0.15, -0.1) is 0 Å². The molecule has 0 amide bonds. The fraction of sp³-hybridized carbons (Fsp3) is 1.00. The van der Waals surface area contributed by atoms with Crippen molar-refractivity contribution >= 4 is 0 Å². The first-order valence-corrected chi connectivity index (χ1v) is 3.65. The van der Waals surface area contributed by atoms with Crippen molar-refractivity contribution in [2.24, 2.45) is 11.8 Å². The molecule has 0 aliphatic heterocycles. The summed E-state index contributed by atoms with van der Waals surface area (Å²) < 4.78 is 25.4. The highest BCUT2D eigenvalue weighted by molar-refractivity contribution is 4.99. The highest BCUT2D eigenvalue weighted by Gasteiger charge is 2.56. The summed E-state index contributed by atoms with van der Waals surface area (Å²) in [6.45, 7) is 0. The van der Waals surface area contributed by atoms with E-state index in [4.69, 9.17) is 5.11 Å². The maximum absolute atomic E-state index is 12.7. The molecule has 2 saturated carbocycles. The Morgan fingerprint density at radius 2 is 2.00 bits per heavy atom. The molecule has 58 valence electrons. The monoisotopic (exact) mass is 148 g/mol. The van der Waals surface area contributed by atoms with E-state index in [0.717, 1.165) is 0 Å². The van der Waals surface area contributed by atoms with Gasteiger partial charge in [0.15, 0.2) is 0 Å². The van der Waals surface area contributed by atoms with Gasteiger partial charge in [0, 0.05) is 12.3 Å². The molecule has 2 aliphatic rings. The van der Waals surface area contributed by atoms with E-state index in [1.165, 1.54) is 0 Å². The second-order valence-corrected chi connectivity index (χ2v) is 3.46. The number of hydrogen-bond acceptors (Lipinski definition) is 1. The summed E-state index contributed by atoms with van der Waals surface area (Å²) in [5, 5.41) is 9.12. The van der Waals surface area contributed by atoms with Crippen LogP contribution in [0.4, 0.5) is 8.78 Å². The molecule has 3 heteroatoms. The third-order valence-electron chi connectivity index (χ3n) is 2.79. The fourth-order valence-electron chi connectivity index (χ4n) is 2.18. The minimum atomic E-state index is -2.47. The van der Waals surface area contributed by atoms with Crippen molar-refractivity contribution in [2.75, 3.05) is 0 Å². The summed E-state index contributed by atoms with van der Waals surface area (Å²) in [6, 6.07) is 0. The Bertz CT molecular complexity index is 156. The van der Waals surface area contributed by atoms with E-state index in [9.17, 15) is 8.78 Å². The first-order chi connectivity index (χ1) is 4.59. The summed E-state index contributed by atoms with van der Waals surface area (Å²) in [6.07, 6.45) is 0.328. The molecule has 0 aromatic rings. The zero-order chi connectivity index (χ0) is 7.35. The molecule has 0 aromatic carbocycles. The van der Waals surface area contributed by atoms with Crippen LogP contribution in [0.5, 0.6) is 0 Å². The summed E-state index contributed by atoms with van der Waals surface area (Å²) in [7, 11) is 0. The van der Waals surface area contributed by atoms with E-state index in [-0.39, 0.29) is 12.3 Å². The van der Waals surface area contributed by atoms with Crippen LogP contribution in [0.15, 0.2) is 0 Å². The third-order valence-corrected chi connectivity index (χ3v) is 2.79. The average molecular weight is 148 g/mol. The maximum atomic E-state index is 12.7. The van der Waals surface area contributed by atoms with Crippen LogP contribution < -0.4 is 0 Å². The van der Waals surface area contributed by atoms with Crippen LogP contribution in [-0.2, 0) is 0 Å². The molecule has 0 radical (unpaired) electrons. The molecule has 2 bridgehead atoms. The molecule has 0 aromatic heterocycles. The number of fused-ring (bicyclic) bond motifs is 2. The van der Waals surface area contributed by atoms with Gasteiger partial charge in [0.05, 0.1) is 6.10 Å². The minimum Gasteiger partial charge on any atom is -0.393 e. The first-order valence-electron chi connectivity index (χ1n) is 3.65. The van der Waals surface area contributed by atoms with Crippen molar-refractivity contribution in [3.05, 3.63) is 0 Å². The Balaban J connectivity index is 2.16. The molecule has 0 saturated heterocycles. The van der Waals surface area contributed by atoms with Crippen LogP contribution in [0.25, 0.3) is 0 Å². The first kappa shape index (κ1) is 6.53. The molecule has 2 fully saturated rings. The van der Waals surface area contributed by atoms with Crippen LogP contribution >= 0.6 is 0 Å². The van der Waals surface area contributed by atoms with Crippen molar-refractivity contribution in [2.45, 2.75) is 31.3 Å². The second kappa shape index (κ2) is 1.70. The number of hydrogen-bond donors (Lipinski definition) is 1. The molecule has 2 aliphatic carbocycles. The quantitative estimate of drug-likeness (QED) is 0.550. The fourth-order valence-corrected chi connectivity index (χ4v) is 2.18. The van der Waals surface area contributed by atoms with Crippen LogP contribution in [0.3, 0.4) is 0 Å². The normalized spacial score (nSPS) is 50.1. The molecule has 1 N–H and O–H groups in total. The summed E-state index contributed by atoms with van der Waals surface area (Å²) in [4.78, 5) is 0. The standard InChI is InChI=1S/C7H10F2O/c8-7(9)3-4-1-5(7)2-6(4)10/h4-6,10H,1-3H2. The van der Waals surface area contributed by atoms with Gasteiger partial charge in [-0.1, -0.05) is 0 Å². The van der Waals surface area contributed by atoms with Gasteiger partial charge in [0.1, 0.15) is 0 Å². The van der Waals surface area contributed by atoms with Crippen molar-refractivity contribution in [3.63, 3.8) is 0 Å². The van der Waals surface area contributed by atoms with Crippen LogP contribution in [0.2, 0.25) is 0 Å². The van der Waals surface area contributed by atoms with E-state index in [0.29, 0.717) is 12.8 Å². The van der Waals surface area contributed by atoms with Crippen molar-refractivity contribution in [3.8, 4) is 0 Å². The van der Waals surface area contributed by atoms with E-state index in [1.807, 2.05) is 0 Å². The molecule has 2 rings (SSSR count). The topological polar surface area (TPSA) is 20.2 Å². The molecule has 0 heterocycles. The van der Waals surface area contributed by atoms with Gasteiger partial charge in [0.25, 0.3) is 5.92 Å². The zero-order valence-corrected chi connectivity index (χ0v) is 5.56. The predicted octanol–water partition coefficient (Wildman–Crippen LogP) is 1.41. The third kappa shape index (κ3) is 0.698. The van der Waals surface area contributed by atoms with Crippen molar-refractivity contribution in [1.29, 1.82) is 0 Å². The van der Waals surface area contributed by atoms with Crippen LogP contribution in [0, 0.1) is 11.8 Å². The van der Waals surface area contributed by atoms with Crippen LogP contribution in [-0.4, -0.2) is 17.1 Å². The maximum Gasteiger partial charge on any atom is 0.251 e. The lowest BCUT2D eigenvalue weighted by molar-refractivity contribution is -0.0752. The second-order valence-electron chi connectivity index (χ2n) is 3.46. The van der Waals surface area contributed by atoms with E-state index < -0.39 is 17.9 Å². The SMILES string of the molecule is OC1CC2CC1CC2(F)F. The predicted molar refractivity (Wildman–Crippen MR) is 31.8 cm³/mol. The summed E-state index contributed by atoms with van der Waals surface area (Å²) in [5.41, 5.74) is 0. The average Bonchev–Trinajstić information content (AvgIpc) is 2.21. The van der Waals surface area contributed by atoms with Gasteiger partial charge < -0.3 is 5.11 Å². The Morgan fingerprint density at radius 3 is 2.30 bits per heavy atom. The molecule has 0 spiro atoms. The molecule has 10 heavy (non-hydrogen) atoms. The number of rotatable bonds is 0. The Labute approximate surface area is 58.0 Å². The largest absolute Gasteiger partial charge is 0.393 e. The lowest BCUT2D eigenvalue weighted by atomic mass is 9.94. The molecule has 3 atom stereocenters. The van der Waals surface area contributed by atoms with E-state index in [2.05, 4.69) is 0 Å². The van der Waals surface area contributed by atoms with Crippen LogP contribution in [0.1, 0.15) is 19.3 Å². The Hall–Kier alpha value is -0.180. The van der Waals surface area contributed by atoms with Gasteiger partial charge in [-0.2, -0.15) is 0 Å². The van der Waals surface area contributed by atoms with E-state index in [1.54, 1.807) is 0 Å². The lowest BCUT2D eigenvalue weighted by Crippen LogP contribution is -2.30. The van der Waals surface area contributed by atoms with Crippen molar-refractivity contribution < 1.29 is 13.9 Å². The zero-order valence-electron chi connectivity index (χ0n) is 5.56. The summed E-state index contributed by atoms with van der Waals surface area (Å²) in [5.74, 6) is -3.10. The molecule has 3 unspecified atom stereocenters. The lowest BCUT2D eigenvalue weighted by Gasteiger charge is -2.24. The smallest absolute Gasteiger partial charge is 0.251 e. The molecule has 1 nitrogen and oxygen atoms in total. The van der Waals surface area contributed by atoms with Gasteiger partial charge in [-0.25, -0.2) is 8.78 Å². The summed E-state index contributed by atoms with van der Waals surface area (Å²) >= 11 is 0. The Morgan fingerprint density at radius 1 is 1.30 bits per heavy atom. The minimum absolute atomic E-state index is 0.0845. The number of alkyl halides is 2. The highest BCUT2D eigenvalue weighted by atomic mass is 19.3.